The largest absolute Gasteiger partial charge is 0.462 e. The van der Waals surface area contributed by atoms with Crippen LogP contribution in [0.25, 0.3) is 0 Å². The molecule has 2 aromatic rings. The van der Waals surface area contributed by atoms with Gasteiger partial charge in [0.2, 0.25) is 0 Å². The van der Waals surface area contributed by atoms with E-state index in [-0.39, 0.29) is 17.9 Å². The van der Waals surface area contributed by atoms with Gasteiger partial charge in [0.05, 0.1) is 0 Å². The number of carbonyl (C=O) groups is 1. The lowest BCUT2D eigenvalue weighted by Gasteiger charge is -2.12. The van der Waals surface area contributed by atoms with Crippen LogP contribution < -0.4 is 0 Å². The van der Waals surface area contributed by atoms with Crippen molar-refractivity contribution >= 4 is 5.97 Å². The van der Waals surface area contributed by atoms with Gasteiger partial charge < -0.3 is 4.74 Å². The van der Waals surface area contributed by atoms with Gasteiger partial charge in [0.25, 0.3) is 0 Å². The second-order valence-corrected chi connectivity index (χ2v) is 5.64. The standard InChI is InChI=1S/C13H18O2.C7H7F/c1-4-13(14)15-11(3)9-12-7-5-10(2)6-8-12;1-6-3-2-4-7(8)5-6/h5-8,11H,4,9H2,1-3H3;2-5H,1H3. The maximum atomic E-state index is 12.2. The van der Waals surface area contributed by atoms with E-state index in [1.165, 1.54) is 23.3 Å². The Morgan fingerprint density at radius 1 is 1.09 bits per heavy atom. The molecular formula is C20H25FO2. The van der Waals surface area contributed by atoms with Crippen molar-refractivity contribution in [1.82, 2.24) is 0 Å². The highest BCUT2D eigenvalue weighted by atomic mass is 19.1. The van der Waals surface area contributed by atoms with E-state index in [4.69, 9.17) is 4.74 Å². The number of halogens is 1. The number of carbonyl (C=O) groups excluding carboxylic acids is 1. The van der Waals surface area contributed by atoms with Crippen LogP contribution >= 0.6 is 0 Å². The minimum atomic E-state index is -0.162. The first kappa shape index (κ1) is 18.9. The second-order valence-electron chi connectivity index (χ2n) is 5.64. The van der Waals surface area contributed by atoms with Crippen molar-refractivity contribution in [2.24, 2.45) is 0 Å². The topological polar surface area (TPSA) is 26.3 Å². The lowest BCUT2D eigenvalue weighted by atomic mass is 10.1. The van der Waals surface area contributed by atoms with E-state index in [9.17, 15) is 9.18 Å². The van der Waals surface area contributed by atoms with Crippen LogP contribution in [0.4, 0.5) is 4.39 Å². The average molecular weight is 316 g/mol. The molecule has 124 valence electrons. The van der Waals surface area contributed by atoms with Crippen molar-refractivity contribution in [3.63, 3.8) is 0 Å². The van der Waals surface area contributed by atoms with Crippen molar-refractivity contribution < 1.29 is 13.9 Å². The van der Waals surface area contributed by atoms with Gasteiger partial charge in [-0.1, -0.05) is 48.9 Å². The van der Waals surface area contributed by atoms with Crippen LogP contribution in [0.2, 0.25) is 0 Å². The molecule has 0 saturated carbocycles. The summed E-state index contributed by atoms with van der Waals surface area (Å²) >= 11 is 0. The van der Waals surface area contributed by atoms with Gasteiger partial charge in [0, 0.05) is 12.8 Å². The van der Waals surface area contributed by atoms with Gasteiger partial charge in [-0.25, -0.2) is 4.39 Å². The molecule has 0 aliphatic carbocycles. The highest BCUT2D eigenvalue weighted by Crippen LogP contribution is 2.08. The third-order valence-electron chi connectivity index (χ3n) is 3.25. The molecule has 0 aromatic heterocycles. The molecule has 0 N–H and O–H groups in total. The number of aryl methyl sites for hydroxylation is 2. The van der Waals surface area contributed by atoms with Gasteiger partial charge in [0.1, 0.15) is 11.9 Å². The fourth-order valence-corrected chi connectivity index (χ4v) is 2.01. The van der Waals surface area contributed by atoms with Crippen LogP contribution in [0.15, 0.2) is 48.5 Å². The Hall–Kier alpha value is -2.16. The van der Waals surface area contributed by atoms with Crippen LogP contribution in [-0.2, 0) is 16.0 Å². The molecule has 1 unspecified atom stereocenters. The Labute approximate surface area is 138 Å². The first-order chi connectivity index (χ1) is 10.9. The summed E-state index contributed by atoms with van der Waals surface area (Å²) in [6, 6.07) is 14.8. The first-order valence-electron chi connectivity index (χ1n) is 7.88. The van der Waals surface area contributed by atoms with Crippen molar-refractivity contribution in [2.75, 3.05) is 0 Å². The molecule has 0 radical (unpaired) electrons. The highest BCUT2D eigenvalue weighted by molar-refractivity contribution is 5.69. The second kappa shape index (κ2) is 9.78. The van der Waals surface area contributed by atoms with E-state index in [2.05, 4.69) is 31.2 Å². The number of hydrogen-bond acceptors (Lipinski definition) is 2. The lowest BCUT2D eigenvalue weighted by molar-refractivity contribution is -0.147. The van der Waals surface area contributed by atoms with E-state index >= 15 is 0 Å². The summed E-state index contributed by atoms with van der Waals surface area (Å²) in [5, 5.41) is 0. The minimum absolute atomic E-state index is 0.0415. The van der Waals surface area contributed by atoms with Crippen LogP contribution in [0.1, 0.15) is 37.0 Å². The zero-order valence-electron chi connectivity index (χ0n) is 14.3. The Kier molecular flexibility index (Phi) is 8.03. The lowest BCUT2D eigenvalue weighted by Crippen LogP contribution is -2.16. The Balaban J connectivity index is 0.000000277. The Morgan fingerprint density at radius 3 is 2.22 bits per heavy atom. The van der Waals surface area contributed by atoms with E-state index < -0.39 is 0 Å². The third kappa shape index (κ3) is 8.15. The van der Waals surface area contributed by atoms with E-state index in [1.54, 1.807) is 13.0 Å². The molecule has 2 aromatic carbocycles. The molecule has 0 bridgehead atoms. The molecule has 3 heteroatoms. The minimum Gasteiger partial charge on any atom is -0.462 e. The van der Waals surface area contributed by atoms with E-state index in [0.717, 1.165) is 12.0 Å². The Morgan fingerprint density at radius 2 is 1.74 bits per heavy atom. The number of esters is 1. The molecule has 1 atom stereocenters. The summed E-state index contributed by atoms with van der Waals surface area (Å²) in [5.74, 6) is -0.292. The maximum absolute atomic E-state index is 12.2. The molecular weight excluding hydrogens is 291 g/mol. The molecule has 2 rings (SSSR count). The zero-order chi connectivity index (χ0) is 17.2. The van der Waals surface area contributed by atoms with Gasteiger partial charge in [-0.3, -0.25) is 4.79 Å². The van der Waals surface area contributed by atoms with Crippen LogP contribution in [0, 0.1) is 19.7 Å². The van der Waals surface area contributed by atoms with Gasteiger partial charge in [-0.15, -0.1) is 0 Å². The SMILES string of the molecule is CCC(=O)OC(C)Cc1ccc(C)cc1.Cc1cccc(F)c1. The van der Waals surface area contributed by atoms with Crippen LogP contribution in [0.3, 0.4) is 0 Å². The van der Waals surface area contributed by atoms with Crippen molar-refractivity contribution in [1.29, 1.82) is 0 Å². The Bertz CT molecular complexity index is 588. The third-order valence-corrected chi connectivity index (χ3v) is 3.25. The van der Waals surface area contributed by atoms with Crippen molar-refractivity contribution in [2.45, 2.75) is 46.6 Å². The molecule has 0 heterocycles. The van der Waals surface area contributed by atoms with Gasteiger partial charge in [0.15, 0.2) is 0 Å². The normalized spacial score (nSPS) is 11.2. The molecule has 2 nitrogen and oxygen atoms in total. The summed E-state index contributed by atoms with van der Waals surface area (Å²) in [6.07, 6.45) is 1.18. The average Bonchev–Trinajstić information content (AvgIpc) is 2.50. The molecule has 0 spiro atoms. The first-order valence-corrected chi connectivity index (χ1v) is 7.88. The van der Waals surface area contributed by atoms with Gasteiger partial charge in [-0.2, -0.15) is 0 Å². The van der Waals surface area contributed by atoms with E-state index in [1.807, 2.05) is 19.9 Å². The predicted octanol–water partition coefficient (Wildman–Crippen LogP) is 5.01. The summed E-state index contributed by atoms with van der Waals surface area (Å²) in [4.78, 5) is 11.0. The van der Waals surface area contributed by atoms with Gasteiger partial charge >= 0.3 is 5.97 Å². The molecule has 0 aliphatic rings. The number of hydrogen-bond donors (Lipinski definition) is 0. The summed E-state index contributed by atoms with van der Waals surface area (Å²) in [5.41, 5.74) is 3.42. The van der Waals surface area contributed by atoms with Gasteiger partial charge in [-0.05, 0) is 44.0 Å². The van der Waals surface area contributed by atoms with E-state index in [0.29, 0.717) is 6.42 Å². The maximum Gasteiger partial charge on any atom is 0.305 e. The van der Waals surface area contributed by atoms with Crippen molar-refractivity contribution in [3.05, 3.63) is 71.0 Å². The molecule has 23 heavy (non-hydrogen) atoms. The fourth-order valence-electron chi connectivity index (χ4n) is 2.01. The molecule has 0 amide bonds. The summed E-state index contributed by atoms with van der Waals surface area (Å²) in [6.45, 7) is 7.65. The molecule has 0 aliphatic heterocycles. The number of ether oxygens (including phenoxy) is 1. The van der Waals surface area contributed by atoms with Crippen molar-refractivity contribution in [3.8, 4) is 0 Å². The van der Waals surface area contributed by atoms with Crippen LogP contribution in [0.5, 0.6) is 0 Å². The summed E-state index contributed by atoms with van der Waals surface area (Å²) in [7, 11) is 0. The monoisotopic (exact) mass is 316 g/mol. The summed E-state index contributed by atoms with van der Waals surface area (Å²) < 4.78 is 17.4. The molecule has 0 fully saturated rings. The van der Waals surface area contributed by atoms with Crippen LogP contribution in [-0.4, -0.2) is 12.1 Å². The highest BCUT2D eigenvalue weighted by Gasteiger charge is 2.07. The molecule has 0 saturated heterocycles. The zero-order valence-corrected chi connectivity index (χ0v) is 14.3. The fraction of sp³-hybridized carbons (Fsp3) is 0.350. The predicted molar refractivity (Wildman–Crippen MR) is 91.9 cm³/mol. The number of benzene rings is 2. The number of rotatable bonds is 4. The quantitative estimate of drug-likeness (QED) is 0.741. The smallest absolute Gasteiger partial charge is 0.305 e.